The van der Waals surface area contributed by atoms with Gasteiger partial charge in [0.2, 0.25) is 11.8 Å². The van der Waals surface area contributed by atoms with Crippen molar-refractivity contribution in [1.82, 2.24) is 10.2 Å². The maximum absolute atomic E-state index is 13.2. The average Bonchev–Trinajstić information content (AvgIpc) is 3.27. The molecule has 3 rings (SSSR count). The number of nitrogens with zero attached hydrogens (tertiary/aromatic N) is 1. The van der Waals surface area contributed by atoms with Gasteiger partial charge in [-0.05, 0) is 56.9 Å². The van der Waals surface area contributed by atoms with Crippen molar-refractivity contribution >= 4 is 23.6 Å². The van der Waals surface area contributed by atoms with E-state index in [1.54, 1.807) is 16.7 Å². The normalized spacial score (nSPS) is 14.9. The summed E-state index contributed by atoms with van der Waals surface area (Å²) in [6.07, 6.45) is 4.82. The molecule has 2 aromatic rings. The first-order valence-electron chi connectivity index (χ1n) is 11.3. The summed E-state index contributed by atoms with van der Waals surface area (Å²) in [6.45, 7) is 6.43. The molecular weight excluding hydrogens is 404 g/mol. The fraction of sp³-hybridized carbons (Fsp3) is 0.462. The summed E-state index contributed by atoms with van der Waals surface area (Å²) < 4.78 is 0. The Hall–Kier alpha value is -2.27. The maximum Gasteiger partial charge on any atom is 0.242 e. The Morgan fingerprint density at radius 2 is 1.74 bits per heavy atom. The predicted molar refractivity (Wildman–Crippen MR) is 128 cm³/mol. The van der Waals surface area contributed by atoms with Crippen LogP contribution in [0.2, 0.25) is 0 Å². The van der Waals surface area contributed by atoms with Crippen molar-refractivity contribution in [2.75, 3.05) is 5.75 Å². The Bertz CT molecular complexity index is 875. The average molecular weight is 439 g/mol. The van der Waals surface area contributed by atoms with Crippen LogP contribution in [0.4, 0.5) is 0 Å². The Kier molecular flexibility index (Phi) is 8.59. The highest BCUT2D eigenvalue weighted by Gasteiger charge is 2.28. The fourth-order valence-corrected chi connectivity index (χ4v) is 4.82. The largest absolute Gasteiger partial charge is 0.352 e. The van der Waals surface area contributed by atoms with E-state index in [0.29, 0.717) is 18.7 Å². The zero-order chi connectivity index (χ0) is 22.2. The van der Waals surface area contributed by atoms with Crippen LogP contribution in [0.15, 0.2) is 53.4 Å². The summed E-state index contributed by atoms with van der Waals surface area (Å²) in [5.41, 5.74) is 3.45. The first kappa shape index (κ1) is 23.4. The molecule has 1 aliphatic rings. The first-order chi connectivity index (χ1) is 14.9. The van der Waals surface area contributed by atoms with Gasteiger partial charge in [0.25, 0.3) is 0 Å². The van der Waals surface area contributed by atoms with E-state index in [1.807, 2.05) is 25.1 Å². The molecular formula is C26H34N2O2S. The van der Waals surface area contributed by atoms with E-state index in [-0.39, 0.29) is 17.9 Å². The molecule has 0 aromatic heterocycles. The van der Waals surface area contributed by atoms with Crippen LogP contribution < -0.4 is 5.32 Å². The zero-order valence-electron chi connectivity index (χ0n) is 18.9. The SMILES string of the molecule is Cc1ccc(SCCC(=O)N(Cc2ccccc2C)C(C)C(=O)NC2CCCC2)cc1. The summed E-state index contributed by atoms with van der Waals surface area (Å²) in [5.74, 6) is 0.681. The van der Waals surface area contributed by atoms with Gasteiger partial charge in [0.1, 0.15) is 6.04 Å². The lowest BCUT2D eigenvalue weighted by atomic mass is 10.1. The summed E-state index contributed by atoms with van der Waals surface area (Å²) in [6, 6.07) is 16.2. The highest BCUT2D eigenvalue weighted by molar-refractivity contribution is 7.99. The van der Waals surface area contributed by atoms with E-state index in [2.05, 4.69) is 49.5 Å². The maximum atomic E-state index is 13.2. The molecule has 4 nitrogen and oxygen atoms in total. The Balaban J connectivity index is 1.66. The van der Waals surface area contributed by atoms with Gasteiger partial charge in [0.05, 0.1) is 0 Å². The van der Waals surface area contributed by atoms with Crippen molar-refractivity contribution in [1.29, 1.82) is 0 Å². The minimum Gasteiger partial charge on any atom is -0.352 e. The molecule has 1 N–H and O–H groups in total. The number of amides is 2. The second-order valence-electron chi connectivity index (χ2n) is 8.53. The molecule has 2 aromatic carbocycles. The van der Waals surface area contributed by atoms with E-state index in [0.717, 1.165) is 28.9 Å². The van der Waals surface area contributed by atoms with Gasteiger partial charge in [-0.1, -0.05) is 54.8 Å². The van der Waals surface area contributed by atoms with Crippen molar-refractivity contribution < 1.29 is 9.59 Å². The van der Waals surface area contributed by atoms with Gasteiger partial charge in [-0.25, -0.2) is 0 Å². The lowest BCUT2D eigenvalue weighted by Crippen LogP contribution is -2.49. The number of carbonyl (C=O) groups excluding carboxylic acids is 2. The fourth-order valence-electron chi connectivity index (χ4n) is 3.98. The standard InChI is InChI=1S/C26H34N2O2S/c1-19-12-14-24(15-13-19)31-17-16-25(29)28(18-22-9-5-4-8-20(22)2)21(3)26(30)27-23-10-6-7-11-23/h4-5,8-9,12-15,21,23H,6-7,10-11,16-18H2,1-3H3,(H,27,30). The Labute approximate surface area is 190 Å². The lowest BCUT2D eigenvalue weighted by molar-refractivity contribution is -0.140. The van der Waals surface area contributed by atoms with Crippen LogP contribution in [0.25, 0.3) is 0 Å². The van der Waals surface area contributed by atoms with Gasteiger partial charge in [0, 0.05) is 29.7 Å². The van der Waals surface area contributed by atoms with Crippen molar-refractivity contribution in [3.63, 3.8) is 0 Å². The first-order valence-corrected chi connectivity index (χ1v) is 12.3. The molecule has 5 heteroatoms. The number of benzene rings is 2. The van der Waals surface area contributed by atoms with E-state index in [4.69, 9.17) is 0 Å². The number of thioether (sulfide) groups is 1. The molecule has 166 valence electrons. The van der Waals surface area contributed by atoms with Crippen LogP contribution in [0, 0.1) is 13.8 Å². The van der Waals surface area contributed by atoms with Crippen LogP contribution in [0.5, 0.6) is 0 Å². The highest BCUT2D eigenvalue weighted by Crippen LogP contribution is 2.22. The van der Waals surface area contributed by atoms with Crippen molar-refractivity contribution in [3.8, 4) is 0 Å². The Morgan fingerprint density at radius 1 is 1.06 bits per heavy atom. The molecule has 31 heavy (non-hydrogen) atoms. The second-order valence-corrected chi connectivity index (χ2v) is 9.69. The molecule has 1 saturated carbocycles. The third-order valence-corrected chi connectivity index (χ3v) is 7.09. The molecule has 0 heterocycles. The summed E-state index contributed by atoms with van der Waals surface area (Å²) in [4.78, 5) is 29.1. The third kappa shape index (κ3) is 6.86. The monoisotopic (exact) mass is 438 g/mol. The van der Waals surface area contributed by atoms with E-state index in [9.17, 15) is 9.59 Å². The van der Waals surface area contributed by atoms with Crippen LogP contribution in [-0.4, -0.2) is 34.6 Å². The van der Waals surface area contributed by atoms with Gasteiger partial charge in [0.15, 0.2) is 0 Å². The lowest BCUT2D eigenvalue weighted by Gasteiger charge is -2.30. The van der Waals surface area contributed by atoms with Crippen LogP contribution in [0.1, 0.15) is 55.7 Å². The number of hydrogen-bond acceptors (Lipinski definition) is 3. The molecule has 1 aliphatic carbocycles. The van der Waals surface area contributed by atoms with E-state index < -0.39 is 6.04 Å². The van der Waals surface area contributed by atoms with Gasteiger partial charge in [-0.3, -0.25) is 9.59 Å². The molecule has 1 atom stereocenters. The summed E-state index contributed by atoms with van der Waals surface area (Å²) in [5, 5.41) is 3.16. The highest BCUT2D eigenvalue weighted by atomic mass is 32.2. The predicted octanol–water partition coefficient (Wildman–Crippen LogP) is 5.26. The van der Waals surface area contributed by atoms with Gasteiger partial charge >= 0.3 is 0 Å². The van der Waals surface area contributed by atoms with E-state index in [1.165, 1.54) is 18.4 Å². The smallest absolute Gasteiger partial charge is 0.242 e. The topological polar surface area (TPSA) is 49.4 Å². The van der Waals surface area contributed by atoms with Crippen LogP contribution >= 0.6 is 11.8 Å². The molecule has 0 saturated heterocycles. The molecule has 1 fully saturated rings. The molecule has 1 unspecified atom stereocenters. The molecule has 0 bridgehead atoms. The number of rotatable bonds is 9. The number of hydrogen-bond donors (Lipinski definition) is 1. The van der Waals surface area contributed by atoms with Crippen molar-refractivity contribution in [2.24, 2.45) is 0 Å². The molecule has 0 radical (unpaired) electrons. The van der Waals surface area contributed by atoms with Gasteiger partial charge < -0.3 is 10.2 Å². The minimum atomic E-state index is -0.489. The third-order valence-electron chi connectivity index (χ3n) is 6.08. The van der Waals surface area contributed by atoms with Crippen LogP contribution in [-0.2, 0) is 16.1 Å². The number of nitrogens with one attached hydrogen (secondary N) is 1. The minimum absolute atomic E-state index is 0.0249. The zero-order valence-corrected chi connectivity index (χ0v) is 19.7. The number of aryl methyl sites for hydroxylation is 2. The molecule has 0 spiro atoms. The number of carbonyl (C=O) groups is 2. The van der Waals surface area contributed by atoms with E-state index >= 15 is 0 Å². The molecule has 2 amide bonds. The quantitative estimate of drug-likeness (QED) is 0.543. The molecule has 0 aliphatic heterocycles. The Morgan fingerprint density at radius 3 is 2.42 bits per heavy atom. The summed E-state index contributed by atoms with van der Waals surface area (Å²) >= 11 is 1.68. The second kappa shape index (κ2) is 11.4. The van der Waals surface area contributed by atoms with Crippen molar-refractivity contribution in [3.05, 3.63) is 65.2 Å². The van der Waals surface area contributed by atoms with Gasteiger partial charge in [-0.15, -0.1) is 11.8 Å². The summed E-state index contributed by atoms with van der Waals surface area (Å²) in [7, 11) is 0. The van der Waals surface area contributed by atoms with Crippen LogP contribution in [0.3, 0.4) is 0 Å². The van der Waals surface area contributed by atoms with Gasteiger partial charge in [-0.2, -0.15) is 0 Å². The van der Waals surface area contributed by atoms with Crippen molar-refractivity contribution in [2.45, 2.75) is 76.4 Å².